The fourth-order valence-corrected chi connectivity index (χ4v) is 3.66. The third kappa shape index (κ3) is 3.62. The van der Waals surface area contributed by atoms with Gasteiger partial charge in [-0.05, 0) is 47.5 Å². The summed E-state index contributed by atoms with van der Waals surface area (Å²) in [5.74, 6) is -0.221. The first-order valence-corrected chi connectivity index (χ1v) is 8.52. The summed E-state index contributed by atoms with van der Waals surface area (Å²) in [6.07, 6.45) is 3.33. The lowest BCUT2D eigenvalue weighted by molar-refractivity contribution is 0.197. The minimum Gasteiger partial charge on any atom is -0.331 e. The Hall–Kier alpha value is -2.14. The molecular weight excluding hydrogens is 311 g/mol. The predicted molar refractivity (Wildman–Crippen MR) is 90.9 cm³/mol. The molecule has 0 fully saturated rings. The lowest BCUT2D eigenvalue weighted by Crippen LogP contribution is -2.40. The number of urea groups is 1. The Morgan fingerprint density at radius 2 is 2.35 bits per heavy atom. The van der Waals surface area contributed by atoms with Crippen LogP contribution in [0, 0.1) is 5.82 Å². The van der Waals surface area contributed by atoms with E-state index in [0.29, 0.717) is 13.1 Å². The first-order chi connectivity index (χ1) is 11.2. The molecule has 5 heteroatoms. The minimum absolute atomic E-state index is 0.0475. The zero-order valence-corrected chi connectivity index (χ0v) is 13.6. The van der Waals surface area contributed by atoms with E-state index in [1.165, 1.54) is 6.07 Å². The maximum absolute atomic E-state index is 13.3. The zero-order chi connectivity index (χ0) is 16.2. The van der Waals surface area contributed by atoms with Crippen molar-refractivity contribution in [3.05, 3.63) is 70.2 Å². The Kier molecular flexibility index (Phi) is 4.76. The molecule has 1 aromatic heterocycles. The molecule has 23 heavy (non-hydrogen) atoms. The van der Waals surface area contributed by atoms with Gasteiger partial charge in [0.05, 0.1) is 12.6 Å². The topological polar surface area (TPSA) is 32.3 Å². The van der Waals surface area contributed by atoms with Crippen LogP contribution < -0.4 is 5.32 Å². The molecule has 1 aliphatic rings. The van der Waals surface area contributed by atoms with Gasteiger partial charge in [0.2, 0.25) is 0 Å². The number of thiophene rings is 1. The highest BCUT2D eigenvalue weighted by molar-refractivity contribution is 7.09. The van der Waals surface area contributed by atoms with Gasteiger partial charge in [-0.1, -0.05) is 18.2 Å². The average Bonchev–Trinajstić information content (AvgIpc) is 3.17. The van der Waals surface area contributed by atoms with E-state index in [4.69, 9.17) is 0 Å². The number of carbonyl (C=O) groups excluding carboxylic acids is 1. The van der Waals surface area contributed by atoms with Crippen LogP contribution in [0.3, 0.4) is 0 Å². The van der Waals surface area contributed by atoms with Gasteiger partial charge in [0.25, 0.3) is 0 Å². The third-order valence-electron chi connectivity index (χ3n) is 4.04. The van der Waals surface area contributed by atoms with E-state index in [0.717, 1.165) is 28.8 Å². The number of rotatable bonds is 5. The standard InChI is InChI=1S/C18H19FN2OS/c1-2-9-21(12-15-4-3-10-23-15)18(22)20-17-8-5-13-11-14(19)6-7-16(13)17/h2-4,6-7,10-11,17H,1,5,8-9,12H2,(H,20,22). The van der Waals surface area contributed by atoms with Crippen molar-refractivity contribution in [2.24, 2.45) is 0 Å². The van der Waals surface area contributed by atoms with Crippen LogP contribution in [0.5, 0.6) is 0 Å². The molecule has 1 N–H and O–H groups in total. The van der Waals surface area contributed by atoms with Gasteiger partial charge < -0.3 is 10.2 Å². The fourth-order valence-electron chi connectivity index (χ4n) is 2.94. The molecule has 0 radical (unpaired) electrons. The highest BCUT2D eigenvalue weighted by Gasteiger charge is 2.26. The number of halogens is 1. The van der Waals surface area contributed by atoms with Crippen LogP contribution in [0.4, 0.5) is 9.18 Å². The number of amides is 2. The monoisotopic (exact) mass is 330 g/mol. The number of aryl methyl sites for hydroxylation is 1. The van der Waals surface area contributed by atoms with Crippen LogP contribution in [-0.2, 0) is 13.0 Å². The van der Waals surface area contributed by atoms with Gasteiger partial charge in [0.15, 0.2) is 0 Å². The summed E-state index contributed by atoms with van der Waals surface area (Å²) < 4.78 is 13.3. The molecule has 0 aliphatic heterocycles. The Labute approximate surface area is 139 Å². The average molecular weight is 330 g/mol. The molecule has 0 spiro atoms. The Bertz CT molecular complexity index is 699. The molecule has 120 valence electrons. The predicted octanol–water partition coefficient (Wildman–Crippen LogP) is 4.27. The first kappa shape index (κ1) is 15.7. The van der Waals surface area contributed by atoms with E-state index >= 15 is 0 Å². The highest BCUT2D eigenvalue weighted by atomic mass is 32.1. The molecule has 1 aliphatic carbocycles. The van der Waals surface area contributed by atoms with Crippen molar-refractivity contribution in [2.45, 2.75) is 25.4 Å². The number of hydrogen-bond donors (Lipinski definition) is 1. The maximum Gasteiger partial charge on any atom is 0.318 e. The lowest BCUT2D eigenvalue weighted by atomic mass is 10.1. The number of nitrogens with one attached hydrogen (secondary N) is 1. The van der Waals surface area contributed by atoms with E-state index < -0.39 is 0 Å². The van der Waals surface area contributed by atoms with Crippen LogP contribution in [0.1, 0.15) is 28.5 Å². The fraction of sp³-hybridized carbons (Fsp3) is 0.278. The molecule has 1 heterocycles. The van der Waals surface area contributed by atoms with Crippen LogP contribution in [-0.4, -0.2) is 17.5 Å². The molecule has 3 rings (SSSR count). The summed E-state index contributed by atoms with van der Waals surface area (Å²) >= 11 is 1.63. The number of benzene rings is 1. The van der Waals surface area contributed by atoms with Crippen molar-refractivity contribution in [3.63, 3.8) is 0 Å². The molecule has 2 aromatic rings. The van der Waals surface area contributed by atoms with Crippen LogP contribution in [0.2, 0.25) is 0 Å². The zero-order valence-electron chi connectivity index (χ0n) is 12.8. The van der Waals surface area contributed by atoms with E-state index in [2.05, 4.69) is 11.9 Å². The summed E-state index contributed by atoms with van der Waals surface area (Å²) in [5, 5.41) is 5.07. The molecule has 0 saturated carbocycles. The number of carbonyl (C=O) groups is 1. The van der Waals surface area contributed by atoms with E-state index in [1.54, 1.807) is 34.4 Å². The molecular formula is C18H19FN2OS. The van der Waals surface area contributed by atoms with Crippen LogP contribution in [0.25, 0.3) is 0 Å². The van der Waals surface area contributed by atoms with Gasteiger partial charge >= 0.3 is 6.03 Å². The minimum atomic E-state index is -0.221. The molecule has 3 nitrogen and oxygen atoms in total. The van der Waals surface area contributed by atoms with Crippen molar-refractivity contribution in [1.29, 1.82) is 0 Å². The van der Waals surface area contributed by atoms with Crippen molar-refractivity contribution < 1.29 is 9.18 Å². The second kappa shape index (κ2) is 6.96. The number of hydrogen-bond acceptors (Lipinski definition) is 2. The molecule has 2 amide bonds. The second-order valence-corrected chi connectivity index (χ2v) is 6.66. The van der Waals surface area contributed by atoms with Crippen LogP contribution >= 0.6 is 11.3 Å². The largest absolute Gasteiger partial charge is 0.331 e. The third-order valence-corrected chi connectivity index (χ3v) is 4.91. The van der Waals surface area contributed by atoms with Gasteiger partial charge in [-0.25, -0.2) is 9.18 Å². The molecule has 0 saturated heterocycles. The molecule has 0 bridgehead atoms. The van der Waals surface area contributed by atoms with Crippen molar-refractivity contribution in [3.8, 4) is 0 Å². The highest BCUT2D eigenvalue weighted by Crippen LogP contribution is 2.31. The summed E-state index contributed by atoms with van der Waals surface area (Å²) in [6, 6.07) is 8.63. The van der Waals surface area contributed by atoms with Crippen molar-refractivity contribution in [1.82, 2.24) is 10.2 Å². The molecule has 1 atom stereocenters. The van der Waals surface area contributed by atoms with Gasteiger partial charge in [-0.3, -0.25) is 0 Å². The van der Waals surface area contributed by atoms with Gasteiger partial charge in [0.1, 0.15) is 5.82 Å². The second-order valence-electron chi connectivity index (χ2n) is 5.63. The summed E-state index contributed by atoms with van der Waals surface area (Å²) in [7, 11) is 0. The normalized spacial score (nSPS) is 16.0. The molecule has 1 aromatic carbocycles. The smallest absolute Gasteiger partial charge is 0.318 e. The van der Waals surface area contributed by atoms with Gasteiger partial charge in [-0.15, -0.1) is 17.9 Å². The maximum atomic E-state index is 13.3. The Balaban J connectivity index is 1.69. The Morgan fingerprint density at radius 3 is 3.09 bits per heavy atom. The van der Waals surface area contributed by atoms with E-state index in [9.17, 15) is 9.18 Å². The number of nitrogens with zero attached hydrogens (tertiary/aromatic N) is 1. The van der Waals surface area contributed by atoms with Crippen LogP contribution in [0.15, 0.2) is 48.4 Å². The summed E-state index contributed by atoms with van der Waals surface area (Å²) in [5.41, 5.74) is 2.01. The summed E-state index contributed by atoms with van der Waals surface area (Å²) in [6.45, 7) is 4.79. The Morgan fingerprint density at radius 1 is 1.48 bits per heavy atom. The van der Waals surface area contributed by atoms with Gasteiger partial charge in [0, 0.05) is 11.4 Å². The summed E-state index contributed by atoms with van der Waals surface area (Å²) in [4.78, 5) is 15.5. The van der Waals surface area contributed by atoms with Crippen molar-refractivity contribution in [2.75, 3.05) is 6.54 Å². The lowest BCUT2D eigenvalue weighted by Gasteiger charge is -2.24. The van der Waals surface area contributed by atoms with Gasteiger partial charge in [-0.2, -0.15) is 0 Å². The van der Waals surface area contributed by atoms with E-state index in [-0.39, 0.29) is 17.9 Å². The molecule has 1 unspecified atom stereocenters. The van der Waals surface area contributed by atoms with E-state index in [1.807, 2.05) is 17.5 Å². The number of fused-ring (bicyclic) bond motifs is 1. The quantitative estimate of drug-likeness (QED) is 0.816. The SMILES string of the molecule is C=CCN(Cc1cccs1)C(=O)NC1CCc2cc(F)ccc21. The van der Waals surface area contributed by atoms with Crippen molar-refractivity contribution >= 4 is 17.4 Å². The first-order valence-electron chi connectivity index (χ1n) is 7.64.